The molecule has 0 bridgehead atoms. The Morgan fingerprint density at radius 3 is 2.65 bits per heavy atom. The fourth-order valence-corrected chi connectivity index (χ4v) is 2.76. The summed E-state index contributed by atoms with van der Waals surface area (Å²) in [5.74, 6) is 1.49. The van der Waals surface area contributed by atoms with Gasteiger partial charge in [0.1, 0.15) is 0 Å². The highest BCUT2D eigenvalue weighted by molar-refractivity contribution is 4.86. The fraction of sp³-hybridized carbons (Fsp3) is 1.00. The molecule has 1 aliphatic carbocycles. The van der Waals surface area contributed by atoms with Crippen molar-refractivity contribution in [3.05, 3.63) is 0 Å². The third-order valence-corrected chi connectivity index (χ3v) is 4.12. The van der Waals surface area contributed by atoms with Gasteiger partial charge in [0.15, 0.2) is 0 Å². The number of hydrogen-bond acceptors (Lipinski definition) is 3. The molecule has 0 amide bonds. The highest BCUT2D eigenvalue weighted by Crippen LogP contribution is 2.32. The van der Waals surface area contributed by atoms with Crippen LogP contribution in [-0.2, 0) is 4.74 Å². The Kier molecular flexibility index (Phi) is 6.45. The summed E-state index contributed by atoms with van der Waals surface area (Å²) in [5, 5.41) is 10.1. The lowest BCUT2D eigenvalue weighted by Crippen LogP contribution is -2.47. The Hall–Kier alpha value is -0.120. The van der Waals surface area contributed by atoms with Crippen molar-refractivity contribution in [3.63, 3.8) is 0 Å². The first-order valence-corrected chi connectivity index (χ1v) is 7.02. The molecule has 3 nitrogen and oxygen atoms in total. The van der Waals surface area contributed by atoms with Crippen LogP contribution in [0.25, 0.3) is 0 Å². The minimum atomic E-state index is -0.156. The predicted octanol–water partition coefficient (Wildman–Crippen LogP) is 2.14. The van der Waals surface area contributed by atoms with Gasteiger partial charge in [-0.25, -0.2) is 0 Å². The van der Waals surface area contributed by atoms with Gasteiger partial charge >= 0.3 is 0 Å². The Labute approximate surface area is 106 Å². The van der Waals surface area contributed by atoms with E-state index in [4.69, 9.17) is 4.74 Å². The van der Waals surface area contributed by atoms with Gasteiger partial charge < -0.3 is 9.84 Å². The van der Waals surface area contributed by atoms with E-state index in [2.05, 4.69) is 25.8 Å². The molecule has 0 aromatic rings. The van der Waals surface area contributed by atoms with Crippen LogP contribution in [0.5, 0.6) is 0 Å². The lowest BCUT2D eigenvalue weighted by Gasteiger charge is -2.40. The van der Waals surface area contributed by atoms with Crippen LogP contribution >= 0.6 is 0 Å². The number of aliphatic hydroxyl groups excluding tert-OH is 1. The van der Waals surface area contributed by atoms with E-state index in [0.717, 1.165) is 44.4 Å². The van der Waals surface area contributed by atoms with Crippen LogP contribution in [0.4, 0.5) is 0 Å². The van der Waals surface area contributed by atoms with Gasteiger partial charge in [-0.2, -0.15) is 0 Å². The van der Waals surface area contributed by atoms with E-state index in [0.29, 0.717) is 6.04 Å². The monoisotopic (exact) mass is 243 g/mol. The first-order valence-electron chi connectivity index (χ1n) is 7.02. The van der Waals surface area contributed by atoms with Gasteiger partial charge in [0.05, 0.1) is 12.7 Å². The first kappa shape index (κ1) is 14.9. The lowest BCUT2D eigenvalue weighted by atomic mass is 9.77. The van der Waals surface area contributed by atoms with E-state index in [1.54, 1.807) is 0 Å². The molecule has 0 spiro atoms. The van der Waals surface area contributed by atoms with Crippen LogP contribution < -0.4 is 0 Å². The molecule has 1 saturated carbocycles. The molecule has 0 radical (unpaired) electrons. The van der Waals surface area contributed by atoms with E-state index in [9.17, 15) is 5.11 Å². The number of hydrogen-bond donors (Lipinski definition) is 1. The molecule has 1 rings (SSSR count). The van der Waals surface area contributed by atoms with Crippen LogP contribution in [0, 0.1) is 11.8 Å². The van der Waals surface area contributed by atoms with E-state index in [-0.39, 0.29) is 6.10 Å². The number of nitrogens with zero attached hydrogens (tertiary/aromatic N) is 1. The molecule has 3 heteroatoms. The van der Waals surface area contributed by atoms with Gasteiger partial charge in [-0.15, -0.1) is 0 Å². The number of ether oxygens (including phenoxy) is 1. The van der Waals surface area contributed by atoms with Crippen molar-refractivity contribution in [2.75, 3.05) is 26.8 Å². The molecule has 0 aromatic carbocycles. The van der Waals surface area contributed by atoms with Crippen molar-refractivity contribution < 1.29 is 9.84 Å². The maximum Gasteiger partial charge on any atom is 0.0695 e. The maximum absolute atomic E-state index is 10.1. The fourth-order valence-electron chi connectivity index (χ4n) is 2.76. The number of likely N-dealkylation sites (N-methyl/N-ethyl adjacent to an activating group) is 1. The topological polar surface area (TPSA) is 32.7 Å². The van der Waals surface area contributed by atoms with Crippen molar-refractivity contribution in [1.82, 2.24) is 4.90 Å². The van der Waals surface area contributed by atoms with E-state index < -0.39 is 0 Å². The molecule has 0 aliphatic heterocycles. The quantitative estimate of drug-likeness (QED) is 0.726. The predicted molar refractivity (Wildman–Crippen MR) is 71.1 cm³/mol. The van der Waals surface area contributed by atoms with Crippen LogP contribution in [0.1, 0.15) is 40.0 Å². The van der Waals surface area contributed by atoms with Crippen LogP contribution in [-0.4, -0.2) is 49.0 Å². The summed E-state index contributed by atoms with van der Waals surface area (Å²) >= 11 is 0. The van der Waals surface area contributed by atoms with Crippen molar-refractivity contribution >= 4 is 0 Å². The highest BCUT2D eigenvalue weighted by atomic mass is 16.5. The van der Waals surface area contributed by atoms with Gasteiger partial charge in [0.25, 0.3) is 0 Å². The summed E-state index contributed by atoms with van der Waals surface area (Å²) in [5.41, 5.74) is 0. The number of aliphatic hydroxyl groups is 1. The molecule has 0 heterocycles. The zero-order chi connectivity index (χ0) is 12.8. The summed E-state index contributed by atoms with van der Waals surface area (Å²) in [7, 11) is 2.11. The molecule has 1 N–H and O–H groups in total. The summed E-state index contributed by atoms with van der Waals surface area (Å²) in [6.45, 7) is 9.06. The Morgan fingerprint density at radius 2 is 2.06 bits per heavy atom. The molecular formula is C14H29NO2. The van der Waals surface area contributed by atoms with Crippen molar-refractivity contribution in [3.8, 4) is 0 Å². The van der Waals surface area contributed by atoms with Gasteiger partial charge in [-0.3, -0.25) is 4.90 Å². The first-order chi connectivity index (χ1) is 8.06. The average molecular weight is 243 g/mol. The second kappa shape index (κ2) is 7.34. The molecule has 3 atom stereocenters. The van der Waals surface area contributed by atoms with Crippen LogP contribution in [0.3, 0.4) is 0 Å². The second-order valence-electron chi connectivity index (χ2n) is 5.63. The standard InChI is InChI=1S/C14H29NO2/c1-5-17-9-8-15(4)13-10-12(11(2)3)6-7-14(13)16/h11-14,16H,5-10H2,1-4H3. The Morgan fingerprint density at radius 1 is 1.35 bits per heavy atom. The third kappa shape index (κ3) is 4.57. The van der Waals surface area contributed by atoms with Crippen LogP contribution in [0.15, 0.2) is 0 Å². The third-order valence-electron chi connectivity index (χ3n) is 4.12. The number of rotatable bonds is 6. The van der Waals surface area contributed by atoms with Gasteiger partial charge in [0, 0.05) is 19.2 Å². The highest BCUT2D eigenvalue weighted by Gasteiger charge is 2.32. The van der Waals surface area contributed by atoms with Crippen molar-refractivity contribution in [2.45, 2.75) is 52.2 Å². The molecule has 0 saturated heterocycles. The molecular weight excluding hydrogens is 214 g/mol. The Bertz CT molecular complexity index is 208. The minimum Gasteiger partial charge on any atom is -0.391 e. The maximum atomic E-state index is 10.1. The minimum absolute atomic E-state index is 0.156. The zero-order valence-electron chi connectivity index (χ0n) is 11.9. The summed E-state index contributed by atoms with van der Waals surface area (Å²) < 4.78 is 5.38. The summed E-state index contributed by atoms with van der Waals surface area (Å²) in [4.78, 5) is 2.27. The average Bonchev–Trinajstić information content (AvgIpc) is 2.29. The van der Waals surface area contributed by atoms with E-state index in [1.165, 1.54) is 6.42 Å². The molecule has 1 aliphatic rings. The second-order valence-corrected chi connectivity index (χ2v) is 5.63. The summed E-state index contributed by atoms with van der Waals surface area (Å²) in [6, 6.07) is 0.316. The molecule has 17 heavy (non-hydrogen) atoms. The molecule has 3 unspecified atom stereocenters. The lowest BCUT2D eigenvalue weighted by molar-refractivity contribution is -0.00397. The normalized spacial score (nSPS) is 30.2. The van der Waals surface area contributed by atoms with Crippen molar-refractivity contribution in [2.24, 2.45) is 11.8 Å². The molecule has 0 aromatic heterocycles. The zero-order valence-corrected chi connectivity index (χ0v) is 11.9. The smallest absolute Gasteiger partial charge is 0.0695 e. The SMILES string of the molecule is CCOCCN(C)C1CC(C(C)C)CCC1O. The van der Waals surface area contributed by atoms with E-state index >= 15 is 0 Å². The molecule has 1 fully saturated rings. The van der Waals surface area contributed by atoms with E-state index in [1.807, 2.05) is 6.92 Å². The Balaban J connectivity index is 2.42. The largest absolute Gasteiger partial charge is 0.391 e. The molecule has 102 valence electrons. The van der Waals surface area contributed by atoms with Gasteiger partial charge in [-0.05, 0) is 45.1 Å². The summed E-state index contributed by atoms with van der Waals surface area (Å²) in [6.07, 6.45) is 3.10. The van der Waals surface area contributed by atoms with Gasteiger partial charge in [0.2, 0.25) is 0 Å². The van der Waals surface area contributed by atoms with Gasteiger partial charge in [-0.1, -0.05) is 13.8 Å². The van der Waals surface area contributed by atoms with Crippen LogP contribution in [0.2, 0.25) is 0 Å². The van der Waals surface area contributed by atoms with Crippen molar-refractivity contribution in [1.29, 1.82) is 0 Å².